The number of carboxylic acids is 1. The molecule has 0 aromatic heterocycles. The maximum atomic E-state index is 11.9. The molecule has 1 fully saturated rings. The third kappa shape index (κ3) is 5.21. The molecule has 0 bridgehead atoms. The molecular formula is C14H23NO5. The Bertz CT molecular complexity index is 374. The van der Waals surface area contributed by atoms with E-state index >= 15 is 0 Å². The number of aliphatic carboxylic acids is 1. The Morgan fingerprint density at radius 1 is 1.45 bits per heavy atom. The topological polar surface area (TPSA) is 76.1 Å². The zero-order chi connectivity index (χ0) is 15.3. The van der Waals surface area contributed by atoms with E-state index in [-0.39, 0.29) is 24.7 Å². The number of ether oxygens (including phenoxy) is 2. The first-order valence-corrected chi connectivity index (χ1v) is 6.67. The second-order valence-corrected chi connectivity index (χ2v) is 5.86. The summed E-state index contributed by atoms with van der Waals surface area (Å²) >= 11 is 0. The summed E-state index contributed by atoms with van der Waals surface area (Å²) in [6, 6.07) is -0.392. The number of carboxylic acid groups (broad SMARTS) is 1. The van der Waals surface area contributed by atoms with Crippen molar-refractivity contribution in [1.82, 2.24) is 4.90 Å². The molecule has 0 aromatic carbocycles. The van der Waals surface area contributed by atoms with Crippen molar-refractivity contribution < 1.29 is 24.2 Å². The van der Waals surface area contributed by atoms with Gasteiger partial charge in [0.2, 0.25) is 0 Å². The number of carbonyl (C=O) groups excluding carboxylic acids is 1. The fourth-order valence-corrected chi connectivity index (χ4v) is 2.29. The average molecular weight is 285 g/mol. The third-order valence-corrected chi connectivity index (χ3v) is 2.87. The first-order valence-electron chi connectivity index (χ1n) is 6.67. The van der Waals surface area contributed by atoms with Crippen LogP contribution in [0.5, 0.6) is 0 Å². The van der Waals surface area contributed by atoms with Crippen molar-refractivity contribution in [3.63, 3.8) is 0 Å². The molecule has 114 valence electrons. The highest BCUT2D eigenvalue weighted by Crippen LogP contribution is 2.27. The molecule has 0 unspecified atom stereocenters. The molecule has 2 atom stereocenters. The maximum Gasteiger partial charge on any atom is 0.410 e. The summed E-state index contributed by atoms with van der Waals surface area (Å²) in [5.74, 6) is -0.937. The lowest BCUT2D eigenvalue weighted by molar-refractivity contribution is -0.138. The monoisotopic (exact) mass is 285 g/mol. The van der Waals surface area contributed by atoms with Crippen molar-refractivity contribution in [2.24, 2.45) is 0 Å². The largest absolute Gasteiger partial charge is 0.481 e. The van der Waals surface area contributed by atoms with Crippen LogP contribution in [0.2, 0.25) is 0 Å². The molecule has 1 rings (SSSR count). The molecule has 20 heavy (non-hydrogen) atoms. The molecule has 0 spiro atoms. The molecular weight excluding hydrogens is 262 g/mol. The Hall–Kier alpha value is -1.56. The number of likely N-dealkylation sites (tertiary alicyclic amines) is 1. The van der Waals surface area contributed by atoms with Crippen molar-refractivity contribution in [1.29, 1.82) is 0 Å². The van der Waals surface area contributed by atoms with E-state index in [2.05, 4.69) is 6.58 Å². The van der Waals surface area contributed by atoms with Crippen LogP contribution >= 0.6 is 0 Å². The lowest BCUT2D eigenvalue weighted by atomic mass is 10.1. The highest BCUT2D eigenvalue weighted by atomic mass is 16.6. The molecule has 1 amide bonds. The predicted molar refractivity (Wildman–Crippen MR) is 73.5 cm³/mol. The summed E-state index contributed by atoms with van der Waals surface area (Å²) in [7, 11) is 0. The quantitative estimate of drug-likeness (QED) is 0.782. The smallest absolute Gasteiger partial charge is 0.410 e. The first-order chi connectivity index (χ1) is 9.23. The van der Waals surface area contributed by atoms with E-state index in [1.807, 2.05) is 20.8 Å². The summed E-state index contributed by atoms with van der Waals surface area (Å²) in [5, 5.41) is 8.93. The maximum absolute atomic E-state index is 11.9. The normalized spacial score (nSPS) is 22.6. The number of amides is 1. The Morgan fingerprint density at radius 2 is 2.10 bits per heavy atom. The van der Waals surface area contributed by atoms with E-state index in [4.69, 9.17) is 14.6 Å². The van der Waals surface area contributed by atoms with E-state index in [1.165, 1.54) is 11.0 Å². The predicted octanol–water partition coefficient (Wildman–Crippen LogP) is 2.04. The minimum Gasteiger partial charge on any atom is -0.481 e. The Labute approximate surface area is 119 Å². The fraction of sp³-hybridized carbons (Fsp3) is 0.714. The number of carbonyl (C=O) groups is 2. The van der Waals surface area contributed by atoms with Crippen molar-refractivity contribution in [3.05, 3.63) is 12.7 Å². The van der Waals surface area contributed by atoms with Gasteiger partial charge in [-0.2, -0.15) is 0 Å². The van der Waals surface area contributed by atoms with Gasteiger partial charge in [-0.1, -0.05) is 12.7 Å². The zero-order valence-corrected chi connectivity index (χ0v) is 12.3. The van der Waals surface area contributed by atoms with Gasteiger partial charge < -0.3 is 19.5 Å². The SMILES string of the molecule is C=CCOC(=O)N1C[C@H](OC(C)(C)C)C[C@H]1CC(=O)O. The number of hydrogen-bond donors (Lipinski definition) is 1. The molecule has 6 nitrogen and oxygen atoms in total. The van der Waals surface area contributed by atoms with E-state index < -0.39 is 18.1 Å². The van der Waals surface area contributed by atoms with Crippen LogP contribution in [0.1, 0.15) is 33.6 Å². The van der Waals surface area contributed by atoms with Crippen LogP contribution in [-0.4, -0.2) is 53.0 Å². The molecule has 0 saturated carbocycles. The van der Waals surface area contributed by atoms with Gasteiger partial charge in [0.15, 0.2) is 0 Å². The lowest BCUT2D eigenvalue weighted by Crippen LogP contribution is -2.38. The van der Waals surface area contributed by atoms with Crippen LogP contribution in [0.3, 0.4) is 0 Å². The molecule has 1 N–H and O–H groups in total. The van der Waals surface area contributed by atoms with E-state index in [9.17, 15) is 9.59 Å². The van der Waals surface area contributed by atoms with Crippen molar-refractivity contribution in [2.75, 3.05) is 13.2 Å². The number of hydrogen-bond acceptors (Lipinski definition) is 4. The van der Waals surface area contributed by atoms with Gasteiger partial charge in [0, 0.05) is 6.04 Å². The summed E-state index contributed by atoms with van der Waals surface area (Å²) in [4.78, 5) is 24.2. The van der Waals surface area contributed by atoms with Crippen LogP contribution < -0.4 is 0 Å². The van der Waals surface area contributed by atoms with Gasteiger partial charge in [-0.15, -0.1) is 0 Å². The average Bonchev–Trinajstić information content (AvgIpc) is 2.65. The molecule has 1 saturated heterocycles. The standard InChI is InChI=1S/C14H23NO5/c1-5-6-19-13(18)15-9-11(20-14(2,3)4)7-10(15)8-12(16)17/h5,10-11H,1,6-9H2,2-4H3,(H,16,17)/t10-,11+/m0/s1. The van der Waals surface area contributed by atoms with Gasteiger partial charge in [0.25, 0.3) is 0 Å². The van der Waals surface area contributed by atoms with Gasteiger partial charge >= 0.3 is 12.1 Å². The van der Waals surface area contributed by atoms with Gasteiger partial charge in [0.1, 0.15) is 6.61 Å². The summed E-state index contributed by atoms with van der Waals surface area (Å²) in [5.41, 5.74) is -0.334. The minimum absolute atomic E-state index is 0.104. The van der Waals surface area contributed by atoms with Crippen LogP contribution in [-0.2, 0) is 14.3 Å². The van der Waals surface area contributed by atoms with E-state index in [1.54, 1.807) is 0 Å². The molecule has 1 aliphatic heterocycles. The summed E-state index contributed by atoms with van der Waals surface area (Å²) in [6.07, 6.45) is 1.19. The lowest BCUT2D eigenvalue weighted by Gasteiger charge is -2.24. The Kier molecular flexibility index (Phi) is 5.56. The molecule has 0 aromatic rings. The van der Waals surface area contributed by atoms with Crippen LogP contribution in [0.4, 0.5) is 4.79 Å². The zero-order valence-electron chi connectivity index (χ0n) is 12.3. The second-order valence-electron chi connectivity index (χ2n) is 5.86. The highest BCUT2D eigenvalue weighted by molar-refractivity contribution is 5.72. The van der Waals surface area contributed by atoms with Gasteiger partial charge in [-0.3, -0.25) is 4.79 Å². The Morgan fingerprint density at radius 3 is 2.60 bits per heavy atom. The first kappa shape index (κ1) is 16.5. The number of nitrogens with zero attached hydrogens (tertiary/aromatic N) is 1. The van der Waals surface area contributed by atoms with E-state index in [0.29, 0.717) is 13.0 Å². The van der Waals surface area contributed by atoms with Gasteiger partial charge in [-0.05, 0) is 27.2 Å². The summed E-state index contributed by atoms with van der Waals surface area (Å²) in [6.45, 7) is 9.72. The molecule has 0 aliphatic carbocycles. The Balaban J connectivity index is 2.70. The number of rotatable bonds is 5. The second kappa shape index (κ2) is 6.74. The summed E-state index contributed by atoms with van der Waals surface area (Å²) < 4.78 is 10.8. The van der Waals surface area contributed by atoms with Crippen molar-refractivity contribution in [2.45, 2.75) is 51.4 Å². The van der Waals surface area contributed by atoms with Crippen molar-refractivity contribution in [3.8, 4) is 0 Å². The van der Waals surface area contributed by atoms with Gasteiger partial charge in [0.05, 0.1) is 24.7 Å². The van der Waals surface area contributed by atoms with Crippen molar-refractivity contribution >= 4 is 12.1 Å². The highest BCUT2D eigenvalue weighted by Gasteiger charge is 2.39. The van der Waals surface area contributed by atoms with Gasteiger partial charge in [-0.25, -0.2) is 4.79 Å². The molecule has 1 heterocycles. The van der Waals surface area contributed by atoms with Crippen LogP contribution in [0, 0.1) is 0 Å². The van der Waals surface area contributed by atoms with Crippen LogP contribution in [0.25, 0.3) is 0 Å². The fourth-order valence-electron chi connectivity index (χ4n) is 2.29. The van der Waals surface area contributed by atoms with Crippen LogP contribution in [0.15, 0.2) is 12.7 Å². The molecule has 1 aliphatic rings. The van der Waals surface area contributed by atoms with E-state index in [0.717, 1.165) is 0 Å². The third-order valence-electron chi connectivity index (χ3n) is 2.87. The molecule has 6 heteroatoms. The molecule has 0 radical (unpaired) electrons. The minimum atomic E-state index is -0.937.